The number of halogens is 3. The molecule has 1 rings (SSSR count). The molecule has 2 N–H and O–H groups in total. The van der Waals surface area contributed by atoms with Gasteiger partial charge in [0.2, 0.25) is 0 Å². The average molecular weight is 324 g/mol. The molecule has 0 aliphatic carbocycles. The standard InChI is InChI=1S/C12H16BrF2NO2/c1-17-4-5-18-7-8(16)6-9-11(14)3-2-10(13)12(9)15/h2-3,8H,4-7,16H2,1H3. The molecule has 0 aliphatic heterocycles. The van der Waals surface area contributed by atoms with Gasteiger partial charge >= 0.3 is 0 Å². The van der Waals surface area contributed by atoms with Crippen LogP contribution in [0.3, 0.4) is 0 Å². The van der Waals surface area contributed by atoms with E-state index < -0.39 is 17.7 Å². The zero-order valence-corrected chi connectivity index (χ0v) is 11.7. The largest absolute Gasteiger partial charge is 0.382 e. The summed E-state index contributed by atoms with van der Waals surface area (Å²) in [4.78, 5) is 0. The predicted octanol–water partition coefficient (Wildman–Crippen LogP) is 2.26. The summed E-state index contributed by atoms with van der Waals surface area (Å²) in [6.45, 7) is 1.11. The number of rotatable bonds is 7. The van der Waals surface area contributed by atoms with Crippen molar-refractivity contribution in [2.75, 3.05) is 26.9 Å². The van der Waals surface area contributed by atoms with Crippen molar-refractivity contribution in [2.45, 2.75) is 12.5 Å². The van der Waals surface area contributed by atoms with Crippen LogP contribution in [0.25, 0.3) is 0 Å². The van der Waals surface area contributed by atoms with Gasteiger partial charge in [0.25, 0.3) is 0 Å². The van der Waals surface area contributed by atoms with Gasteiger partial charge in [-0.2, -0.15) is 0 Å². The minimum absolute atomic E-state index is 0.0211. The molecular formula is C12H16BrF2NO2. The molecule has 0 bridgehead atoms. The maximum Gasteiger partial charge on any atom is 0.143 e. The second kappa shape index (κ2) is 7.78. The van der Waals surface area contributed by atoms with Crippen LogP contribution in [0.4, 0.5) is 8.78 Å². The summed E-state index contributed by atoms with van der Waals surface area (Å²) in [7, 11) is 1.57. The monoisotopic (exact) mass is 323 g/mol. The van der Waals surface area contributed by atoms with Crippen molar-refractivity contribution in [2.24, 2.45) is 5.73 Å². The van der Waals surface area contributed by atoms with Crippen molar-refractivity contribution < 1.29 is 18.3 Å². The van der Waals surface area contributed by atoms with Crippen LogP contribution in [0.15, 0.2) is 16.6 Å². The molecule has 0 radical (unpaired) electrons. The van der Waals surface area contributed by atoms with Gasteiger partial charge in [0.15, 0.2) is 0 Å². The number of benzene rings is 1. The van der Waals surface area contributed by atoms with E-state index in [1.807, 2.05) is 0 Å². The summed E-state index contributed by atoms with van der Waals surface area (Å²) >= 11 is 3.01. The molecule has 102 valence electrons. The molecule has 0 amide bonds. The summed E-state index contributed by atoms with van der Waals surface area (Å²) in [5.41, 5.74) is 5.74. The molecule has 0 aliphatic rings. The summed E-state index contributed by atoms with van der Waals surface area (Å²) in [5.74, 6) is -1.20. The molecular weight excluding hydrogens is 308 g/mol. The van der Waals surface area contributed by atoms with Crippen LogP contribution in [0.1, 0.15) is 5.56 Å². The zero-order valence-electron chi connectivity index (χ0n) is 10.1. The highest BCUT2D eigenvalue weighted by Crippen LogP contribution is 2.22. The molecule has 18 heavy (non-hydrogen) atoms. The first kappa shape index (κ1) is 15.5. The van der Waals surface area contributed by atoms with Crippen molar-refractivity contribution in [3.63, 3.8) is 0 Å². The Kier molecular flexibility index (Phi) is 6.70. The summed E-state index contributed by atoms with van der Waals surface area (Å²) < 4.78 is 37.4. The van der Waals surface area contributed by atoms with Crippen LogP contribution in [0.2, 0.25) is 0 Å². The van der Waals surface area contributed by atoms with Crippen molar-refractivity contribution in [1.29, 1.82) is 0 Å². The van der Waals surface area contributed by atoms with Crippen LogP contribution >= 0.6 is 15.9 Å². The van der Waals surface area contributed by atoms with E-state index in [1.54, 1.807) is 7.11 Å². The Morgan fingerprint density at radius 3 is 2.72 bits per heavy atom. The molecule has 1 atom stereocenters. The van der Waals surface area contributed by atoms with E-state index in [2.05, 4.69) is 15.9 Å². The van der Waals surface area contributed by atoms with E-state index in [0.29, 0.717) is 13.2 Å². The summed E-state index contributed by atoms with van der Waals surface area (Å²) in [5, 5.41) is 0. The van der Waals surface area contributed by atoms with E-state index in [4.69, 9.17) is 15.2 Å². The Labute approximate surface area is 113 Å². The third-order valence-corrected chi connectivity index (χ3v) is 2.98. The van der Waals surface area contributed by atoms with Gasteiger partial charge in [0.1, 0.15) is 11.6 Å². The van der Waals surface area contributed by atoms with E-state index in [-0.39, 0.29) is 23.1 Å². The fourth-order valence-electron chi connectivity index (χ4n) is 1.45. The predicted molar refractivity (Wildman–Crippen MR) is 68.4 cm³/mol. The summed E-state index contributed by atoms with van der Waals surface area (Å²) in [6.07, 6.45) is 0.0874. The Morgan fingerprint density at radius 2 is 2.06 bits per heavy atom. The van der Waals surface area contributed by atoms with Crippen LogP contribution < -0.4 is 5.73 Å². The third-order valence-electron chi connectivity index (χ3n) is 2.37. The maximum atomic E-state index is 13.7. The van der Waals surface area contributed by atoms with Gasteiger partial charge in [-0.15, -0.1) is 0 Å². The second-order valence-electron chi connectivity index (χ2n) is 3.85. The number of hydrogen-bond acceptors (Lipinski definition) is 3. The molecule has 0 heterocycles. The fraction of sp³-hybridized carbons (Fsp3) is 0.500. The second-order valence-corrected chi connectivity index (χ2v) is 4.71. The van der Waals surface area contributed by atoms with Gasteiger partial charge in [-0.25, -0.2) is 8.78 Å². The van der Waals surface area contributed by atoms with Gasteiger partial charge in [0.05, 0.1) is 24.3 Å². The number of nitrogens with two attached hydrogens (primary N) is 1. The highest BCUT2D eigenvalue weighted by atomic mass is 79.9. The minimum atomic E-state index is -0.609. The highest BCUT2D eigenvalue weighted by molar-refractivity contribution is 9.10. The van der Waals surface area contributed by atoms with Gasteiger partial charge < -0.3 is 15.2 Å². The first-order valence-electron chi connectivity index (χ1n) is 5.51. The topological polar surface area (TPSA) is 44.5 Å². The normalized spacial score (nSPS) is 12.7. The van der Waals surface area contributed by atoms with Crippen molar-refractivity contribution in [3.8, 4) is 0 Å². The molecule has 0 aromatic heterocycles. The lowest BCUT2D eigenvalue weighted by Crippen LogP contribution is -2.30. The summed E-state index contributed by atoms with van der Waals surface area (Å²) in [6, 6.07) is 2.08. The smallest absolute Gasteiger partial charge is 0.143 e. The molecule has 0 saturated carbocycles. The number of methoxy groups -OCH3 is 1. The molecule has 1 aromatic carbocycles. The Morgan fingerprint density at radius 1 is 1.33 bits per heavy atom. The number of ether oxygens (including phenoxy) is 2. The highest BCUT2D eigenvalue weighted by Gasteiger charge is 2.15. The molecule has 1 aromatic rings. The van der Waals surface area contributed by atoms with Crippen LogP contribution in [0, 0.1) is 11.6 Å². The quantitative estimate of drug-likeness (QED) is 0.618. The Balaban J connectivity index is 2.54. The third kappa shape index (κ3) is 4.61. The zero-order chi connectivity index (χ0) is 13.5. The van der Waals surface area contributed by atoms with Crippen molar-refractivity contribution >= 4 is 15.9 Å². The fourth-order valence-corrected chi connectivity index (χ4v) is 1.83. The lowest BCUT2D eigenvalue weighted by molar-refractivity contribution is 0.0635. The van der Waals surface area contributed by atoms with Crippen molar-refractivity contribution in [3.05, 3.63) is 33.8 Å². The lowest BCUT2D eigenvalue weighted by atomic mass is 10.1. The molecule has 0 fully saturated rings. The van der Waals surface area contributed by atoms with E-state index in [0.717, 1.165) is 0 Å². The molecule has 3 nitrogen and oxygen atoms in total. The van der Waals surface area contributed by atoms with Crippen LogP contribution in [0.5, 0.6) is 0 Å². The lowest BCUT2D eigenvalue weighted by Gasteiger charge is -2.13. The van der Waals surface area contributed by atoms with E-state index in [1.165, 1.54) is 12.1 Å². The van der Waals surface area contributed by atoms with Crippen molar-refractivity contribution in [1.82, 2.24) is 0 Å². The molecule has 0 saturated heterocycles. The Bertz CT molecular complexity index is 391. The first-order valence-corrected chi connectivity index (χ1v) is 6.30. The average Bonchev–Trinajstić information content (AvgIpc) is 2.35. The molecule has 6 heteroatoms. The van der Waals surface area contributed by atoms with Gasteiger partial charge in [-0.05, 0) is 34.5 Å². The van der Waals surface area contributed by atoms with Gasteiger partial charge in [-0.1, -0.05) is 0 Å². The molecule has 0 spiro atoms. The molecule has 1 unspecified atom stereocenters. The van der Waals surface area contributed by atoms with Crippen LogP contribution in [-0.4, -0.2) is 33.0 Å². The van der Waals surface area contributed by atoms with Crippen LogP contribution in [-0.2, 0) is 15.9 Å². The van der Waals surface area contributed by atoms with Gasteiger partial charge in [0, 0.05) is 18.7 Å². The Hall–Kier alpha value is -0.560. The van der Waals surface area contributed by atoms with Gasteiger partial charge in [-0.3, -0.25) is 0 Å². The first-order chi connectivity index (χ1) is 8.56. The minimum Gasteiger partial charge on any atom is -0.382 e. The SMILES string of the molecule is COCCOCC(N)Cc1c(F)ccc(Br)c1F. The van der Waals surface area contributed by atoms with E-state index >= 15 is 0 Å². The van der Waals surface area contributed by atoms with E-state index in [9.17, 15) is 8.78 Å². The maximum absolute atomic E-state index is 13.7. The number of hydrogen-bond donors (Lipinski definition) is 1.